The van der Waals surface area contributed by atoms with E-state index in [1.54, 1.807) is 0 Å². The number of carbonyl (C=O) groups excluding carboxylic acids is 2. The van der Waals surface area contributed by atoms with E-state index in [-0.39, 0.29) is 28.8 Å². The van der Waals surface area contributed by atoms with Crippen LogP contribution in [0.2, 0.25) is 0 Å². The summed E-state index contributed by atoms with van der Waals surface area (Å²) in [6.07, 6.45) is 1.79. The number of rotatable bonds is 1. The lowest BCUT2D eigenvalue weighted by Crippen LogP contribution is -2.40. The van der Waals surface area contributed by atoms with Crippen molar-refractivity contribution in [2.75, 3.05) is 0 Å². The van der Waals surface area contributed by atoms with Gasteiger partial charge in [0.25, 0.3) is 0 Å². The largest absolute Gasteiger partial charge is 0.463 e. The molecular weight excluding hydrogens is 216 g/mol. The standard InChI is InChI=1S/C14H20O3/c1-7(15)17-8-5-9-11-12(16)13(2,3)10(6-8)14(9,11)4/h8-11H,5-6H2,1-4H3/t8-,9?,10+,11?,14+/m0/s1. The Bertz CT molecular complexity index is 412. The zero-order valence-corrected chi connectivity index (χ0v) is 10.9. The molecule has 0 amide bonds. The summed E-state index contributed by atoms with van der Waals surface area (Å²) < 4.78 is 5.36. The Morgan fingerprint density at radius 3 is 2.53 bits per heavy atom. The third-order valence-electron chi connectivity index (χ3n) is 5.65. The minimum Gasteiger partial charge on any atom is -0.463 e. The minimum absolute atomic E-state index is 0.0351. The van der Waals surface area contributed by atoms with Gasteiger partial charge in [-0.25, -0.2) is 0 Å². The summed E-state index contributed by atoms with van der Waals surface area (Å²) in [4.78, 5) is 23.4. The fourth-order valence-electron chi connectivity index (χ4n) is 4.83. The highest BCUT2D eigenvalue weighted by Crippen LogP contribution is 2.78. The van der Waals surface area contributed by atoms with Gasteiger partial charge >= 0.3 is 5.97 Å². The Morgan fingerprint density at radius 1 is 1.29 bits per heavy atom. The van der Waals surface area contributed by atoms with E-state index < -0.39 is 0 Å². The van der Waals surface area contributed by atoms with Crippen LogP contribution in [0.1, 0.15) is 40.5 Å². The lowest BCUT2D eigenvalue weighted by Gasteiger charge is -2.40. The predicted octanol–water partition coefficient (Wildman–Crippen LogP) is 2.19. The van der Waals surface area contributed by atoms with Crippen molar-refractivity contribution in [3.8, 4) is 0 Å². The summed E-state index contributed by atoms with van der Waals surface area (Å²) in [7, 11) is 0. The van der Waals surface area contributed by atoms with Gasteiger partial charge in [-0.15, -0.1) is 0 Å². The molecule has 2 unspecified atom stereocenters. The molecule has 3 aliphatic carbocycles. The van der Waals surface area contributed by atoms with Crippen LogP contribution in [0.15, 0.2) is 0 Å². The topological polar surface area (TPSA) is 43.4 Å². The number of hydrogen-bond donors (Lipinski definition) is 0. The molecule has 3 nitrogen and oxygen atoms in total. The Kier molecular flexibility index (Phi) is 1.94. The number of carbonyl (C=O) groups is 2. The molecule has 17 heavy (non-hydrogen) atoms. The Morgan fingerprint density at radius 2 is 1.94 bits per heavy atom. The van der Waals surface area contributed by atoms with Gasteiger partial charge < -0.3 is 4.74 Å². The summed E-state index contributed by atoms with van der Waals surface area (Å²) in [6, 6.07) is 0. The van der Waals surface area contributed by atoms with E-state index in [0.29, 0.717) is 17.6 Å². The molecule has 0 bridgehead atoms. The van der Waals surface area contributed by atoms with Crippen LogP contribution >= 0.6 is 0 Å². The quantitative estimate of drug-likeness (QED) is 0.655. The van der Waals surface area contributed by atoms with Crippen molar-refractivity contribution in [2.45, 2.75) is 46.6 Å². The van der Waals surface area contributed by atoms with Crippen molar-refractivity contribution in [2.24, 2.45) is 28.6 Å². The molecule has 0 radical (unpaired) electrons. The van der Waals surface area contributed by atoms with Gasteiger partial charge in [0.2, 0.25) is 0 Å². The minimum atomic E-state index is -0.227. The van der Waals surface area contributed by atoms with Gasteiger partial charge in [0.1, 0.15) is 11.9 Å². The smallest absolute Gasteiger partial charge is 0.302 e. The molecule has 3 fully saturated rings. The predicted molar refractivity (Wildman–Crippen MR) is 62.2 cm³/mol. The van der Waals surface area contributed by atoms with E-state index in [1.807, 2.05) is 0 Å². The molecule has 3 rings (SSSR count). The molecular formula is C14H20O3. The SMILES string of the molecule is CC(=O)O[C@H]1CC2C3C(=O)C(C)(C)[C@@H](C1)[C@@]23C. The number of esters is 1. The number of hydrogen-bond acceptors (Lipinski definition) is 3. The normalized spacial score (nSPS) is 49.8. The first-order valence-corrected chi connectivity index (χ1v) is 6.51. The van der Waals surface area contributed by atoms with Crippen molar-refractivity contribution in [3.05, 3.63) is 0 Å². The number of Topliss-reactive ketones (excluding diaryl/α,β-unsaturated/α-hetero) is 1. The van der Waals surface area contributed by atoms with E-state index in [1.165, 1.54) is 6.92 Å². The highest BCUT2D eigenvalue weighted by Gasteiger charge is 2.79. The number of ether oxygens (including phenoxy) is 1. The summed E-state index contributed by atoms with van der Waals surface area (Å²) in [6.45, 7) is 7.84. The van der Waals surface area contributed by atoms with Crippen molar-refractivity contribution in [1.29, 1.82) is 0 Å². The maximum Gasteiger partial charge on any atom is 0.302 e. The second-order valence-corrected chi connectivity index (χ2v) is 6.79. The summed E-state index contributed by atoms with van der Waals surface area (Å²) in [5, 5.41) is 0. The summed E-state index contributed by atoms with van der Waals surface area (Å²) in [5.41, 5.74) is -0.0219. The molecule has 3 aliphatic rings. The lowest BCUT2D eigenvalue weighted by atomic mass is 9.65. The van der Waals surface area contributed by atoms with Gasteiger partial charge in [0.15, 0.2) is 0 Å². The molecule has 0 aromatic carbocycles. The van der Waals surface area contributed by atoms with E-state index >= 15 is 0 Å². The first-order chi connectivity index (χ1) is 7.79. The van der Waals surface area contributed by atoms with Crippen molar-refractivity contribution >= 4 is 11.8 Å². The van der Waals surface area contributed by atoms with Crippen LogP contribution in [0.5, 0.6) is 0 Å². The Labute approximate surface area is 102 Å². The first-order valence-electron chi connectivity index (χ1n) is 6.51. The summed E-state index contributed by atoms with van der Waals surface area (Å²) in [5.74, 6) is 1.33. The van der Waals surface area contributed by atoms with Gasteiger partial charge in [-0.05, 0) is 30.1 Å². The van der Waals surface area contributed by atoms with Crippen molar-refractivity contribution in [1.82, 2.24) is 0 Å². The molecule has 0 saturated heterocycles. The third kappa shape index (κ3) is 1.18. The van der Waals surface area contributed by atoms with Crippen LogP contribution in [0, 0.1) is 28.6 Å². The first kappa shape index (κ1) is 11.2. The monoisotopic (exact) mass is 236 g/mol. The van der Waals surface area contributed by atoms with Gasteiger partial charge in [-0.3, -0.25) is 9.59 Å². The van der Waals surface area contributed by atoms with Crippen LogP contribution in [-0.4, -0.2) is 17.9 Å². The molecule has 0 spiro atoms. The second kappa shape index (κ2) is 2.93. The van der Waals surface area contributed by atoms with Crippen LogP contribution in [0.4, 0.5) is 0 Å². The molecule has 3 heteroatoms. The zero-order chi connectivity index (χ0) is 12.6. The van der Waals surface area contributed by atoms with Gasteiger partial charge in [-0.2, -0.15) is 0 Å². The van der Waals surface area contributed by atoms with Crippen LogP contribution in [-0.2, 0) is 14.3 Å². The maximum atomic E-state index is 12.3. The van der Waals surface area contributed by atoms with Gasteiger partial charge in [0.05, 0.1) is 0 Å². The molecule has 0 aromatic rings. The average molecular weight is 236 g/mol. The van der Waals surface area contributed by atoms with Gasteiger partial charge in [0, 0.05) is 18.3 Å². The zero-order valence-electron chi connectivity index (χ0n) is 10.9. The molecule has 0 heterocycles. The number of fused-ring (bicyclic) bond motifs is 1. The lowest BCUT2D eigenvalue weighted by molar-refractivity contribution is -0.151. The highest BCUT2D eigenvalue weighted by molar-refractivity contribution is 5.94. The van der Waals surface area contributed by atoms with E-state index in [9.17, 15) is 9.59 Å². The van der Waals surface area contributed by atoms with E-state index in [0.717, 1.165) is 12.8 Å². The molecule has 3 saturated carbocycles. The molecule has 94 valence electrons. The van der Waals surface area contributed by atoms with Crippen LogP contribution in [0.25, 0.3) is 0 Å². The third-order valence-corrected chi connectivity index (χ3v) is 5.65. The fraction of sp³-hybridized carbons (Fsp3) is 0.857. The fourth-order valence-corrected chi connectivity index (χ4v) is 4.83. The molecule has 0 N–H and O–H groups in total. The highest BCUT2D eigenvalue weighted by atomic mass is 16.5. The average Bonchev–Trinajstić information content (AvgIpc) is 2.75. The summed E-state index contributed by atoms with van der Waals surface area (Å²) >= 11 is 0. The van der Waals surface area contributed by atoms with Crippen molar-refractivity contribution in [3.63, 3.8) is 0 Å². The second-order valence-electron chi connectivity index (χ2n) is 6.79. The van der Waals surface area contributed by atoms with Crippen molar-refractivity contribution < 1.29 is 14.3 Å². The van der Waals surface area contributed by atoms with E-state index in [2.05, 4.69) is 20.8 Å². The molecule has 0 aliphatic heterocycles. The Balaban J connectivity index is 1.87. The Hall–Kier alpha value is -0.860. The van der Waals surface area contributed by atoms with Gasteiger partial charge in [-0.1, -0.05) is 20.8 Å². The van der Waals surface area contributed by atoms with E-state index in [4.69, 9.17) is 4.74 Å². The van der Waals surface area contributed by atoms with Crippen LogP contribution < -0.4 is 0 Å². The molecule has 0 aromatic heterocycles. The molecule has 5 atom stereocenters. The number of ketones is 1. The van der Waals surface area contributed by atoms with Crippen LogP contribution in [0.3, 0.4) is 0 Å². The maximum absolute atomic E-state index is 12.3.